The van der Waals surface area contributed by atoms with Crippen LogP contribution in [0, 0.1) is 6.92 Å². The zero-order valence-electron chi connectivity index (χ0n) is 13.5. The van der Waals surface area contributed by atoms with Crippen LogP contribution in [0.25, 0.3) is 0 Å². The average molecular weight is 348 g/mol. The third kappa shape index (κ3) is 4.99. The van der Waals surface area contributed by atoms with Crippen molar-refractivity contribution in [2.45, 2.75) is 13.8 Å². The van der Waals surface area contributed by atoms with E-state index in [1.807, 2.05) is 13.0 Å². The van der Waals surface area contributed by atoms with Crippen LogP contribution in [0.15, 0.2) is 42.5 Å². The molecule has 126 valence electrons. The van der Waals surface area contributed by atoms with Crippen molar-refractivity contribution in [1.82, 2.24) is 0 Å². The predicted octanol–water partition coefficient (Wildman–Crippen LogP) is 3.84. The molecule has 6 heteroatoms. The van der Waals surface area contributed by atoms with Gasteiger partial charge in [-0.15, -0.1) is 0 Å². The molecule has 0 heterocycles. The number of esters is 1. The third-order valence-corrected chi connectivity index (χ3v) is 3.58. The molecule has 2 rings (SSSR count). The lowest BCUT2D eigenvalue weighted by molar-refractivity contribution is -0.118. The number of hydrogen-bond donors (Lipinski definition) is 1. The number of carbonyl (C=O) groups excluding carboxylic acids is 2. The SMILES string of the molecule is CCOC(=O)c1cccc(OCC(=O)Nc2ccc(C)c(Cl)c2)c1. The fourth-order valence-electron chi connectivity index (χ4n) is 1.94. The molecule has 0 radical (unpaired) electrons. The zero-order chi connectivity index (χ0) is 17.5. The lowest BCUT2D eigenvalue weighted by atomic mass is 10.2. The summed E-state index contributed by atoms with van der Waals surface area (Å²) in [7, 11) is 0. The predicted molar refractivity (Wildman–Crippen MR) is 92.7 cm³/mol. The van der Waals surface area contributed by atoms with Crippen molar-refractivity contribution in [3.8, 4) is 5.75 Å². The molecule has 0 saturated carbocycles. The van der Waals surface area contributed by atoms with Gasteiger partial charge in [-0.25, -0.2) is 4.79 Å². The number of carbonyl (C=O) groups is 2. The van der Waals surface area contributed by atoms with E-state index < -0.39 is 5.97 Å². The molecule has 2 aromatic carbocycles. The Kier molecular flexibility index (Phi) is 6.21. The first-order valence-corrected chi connectivity index (χ1v) is 7.83. The van der Waals surface area contributed by atoms with Gasteiger partial charge in [0.05, 0.1) is 12.2 Å². The van der Waals surface area contributed by atoms with Crippen molar-refractivity contribution >= 4 is 29.2 Å². The highest BCUT2D eigenvalue weighted by atomic mass is 35.5. The number of benzene rings is 2. The minimum atomic E-state index is -0.429. The Morgan fingerprint density at radius 2 is 1.96 bits per heavy atom. The second-order valence-corrected chi connectivity index (χ2v) is 5.46. The van der Waals surface area contributed by atoms with Gasteiger partial charge in [0, 0.05) is 10.7 Å². The van der Waals surface area contributed by atoms with Gasteiger partial charge in [-0.05, 0) is 49.7 Å². The molecule has 24 heavy (non-hydrogen) atoms. The van der Waals surface area contributed by atoms with E-state index in [2.05, 4.69) is 5.32 Å². The first-order valence-electron chi connectivity index (χ1n) is 7.45. The molecular weight excluding hydrogens is 330 g/mol. The maximum absolute atomic E-state index is 11.9. The van der Waals surface area contributed by atoms with E-state index in [9.17, 15) is 9.59 Å². The topological polar surface area (TPSA) is 64.6 Å². The number of amides is 1. The number of rotatable bonds is 6. The number of aryl methyl sites for hydroxylation is 1. The van der Waals surface area contributed by atoms with E-state index in [0.717, 1.165) is 5.56 Å². The van der Waals surface area contributed by atoms with E-state index >= 15 is 0 Å². The van der Waals surface area contributed by atoms with E-state index in [-0.39, 0.29) is 12.5 Å². The molecule has 1 N–H and O–H groups in total. The minimum Gasteiger partial charge on any atom is -0.484 e. The van der Waals surface area contributed by atoms with Gasteiger partial charge in [-0.3, -0.25) is 4.79 Å². The fourth-order valence-corrected chi connectivity index (χ4v) is 2.12. The molecule has 0 atom stereocenters. The summed E-state index contributed by atoms with van der Waals surface area (Å²) in [4.78, 5) is 23.6. The summed E-state index contributed by atoms with van der Waals surface area (Å²) in [6.07, 6.45) is 0. The van der Waals surface area contributed by atoms with Crippen LogP contribution in [0.4, 0.5) is 5.69 Å². The van der Waals surface area contributed by atoms with Crippen molar-refractivity contribution < 1.29 is 19.1 Å². The van der Waals surface area contributed by atoms with Crippen LogP contribution < -0.4 is 10.1 Å². The van der Waals surface area contributed by atoms with E-state index in [1.54, 1.807) is 37.3 Å². The van der Waals surface area contributed by atoms with Crippen LogP contribution in [0.1, 0.15) is 22.8 Å². The largest absolute Gasteiger partial charge is 0.484 e. The Morgan fingerprint density at radius 1 is 1.17 bits per heavy atom. The molecule has 0 unspecified atom stereocenters. The Hall–Kier alpha value is -2.53. The Bertz CT molecular complexity index is 746. The highest BCUT2D eigenvalue weighted by Gasteiger charge is 2.09. The molecule has 0 saturated heterocycles. The van der Waals surface area contributed by atoms with Crippen LogP contribution in [-0.4, -0.2) is 25.1 Å². The molecule has 0 aromatic heterocycles. The first-order chi connectivity index (χ1) is 11.5. The summed E-state index contributed by atoms with van der Waals surface area (Å²) in [5, 5.41) is 3.28. The molecular formula is C18H18ClNO4. The zero-order valence-corrected chi connectivity index (χ0v) is 14.2. The summed E-state index contributed by atoms with van der Waals surface area (Å²) in [5.74, 6) is -0.337. The molecule has 0 spiro atoms. The quantitative estimate of drug-likeness (QED) is 0.806. The Labute approximate surface area is 145 Å². The van der Waals surface area contributed by atoms with Gasteiger partial charge in [0.1, 0.15) is 5.75 Å². The monoisotopic (exact) mass is 347 g/mol. The molecule has 5 nitrogen and oxygen atoms in total. The van der Waals surface area contributed by atoms with E-state index in [4.69, 9.17) is 21.1 Å². The van der Waals surface area contributed by atoms with Gasteiger partial charge in [0.15, 0.2) is 6.61 Å². The molecule has 0 bridgehead atoms. The van der Waals surface area contributed by atoms with Crippen LogP contribution in [0.2, 0.25) is 5.02 Å². The number of anilines is 1. The van der Waals surface area contributed by atoms with Crippen molar-refractivity contribution in [1.29, 1.82) is 0 Å². The van der Waals surface area contributed by atoms with Crippen LogP contribution >= 0.6 is 11.6 Å². The van der Waals surface area contributed by atoms with Gasteiger partial charge in [-0.2, -0.15) is 0 Å². The van der Waals surface area contributed by atoms with Crippen LogP contribution in [0.5, 0.6) is 5.75 Å². The number of ether oxygens (including phenoxy) is 2. The van der Waals surface area contributed by atoms with Crippen molar-refractivity contribution in [3.63, 3.8) is 0 Å². The number of nitrogens with one attached hydrogen (secondary N) is 1. The van der Waals surface area contributed by atoms with E-state index in [0.29, 0.717) is 28.6 Å². The van der Waals surface area contributed by atoms with Gasteiger partial charge in [0.25, 0.3) is 5.91 Å². The van der Waals surface area contributed by atoms with Crippen LogP contribution in [-0.2, 0) is 9.53 Å². The second kappa shape index (κ2) is 8.36. The van der Waals surface area contributed by atoms with Crippen molar-refractivity contribution in [3.05, 3.63) is 58.6 Å². The molecule has 2 aromatic rings. The molecule has 0 aliphatic rings. The molecule has 0 aliphatic carbocycles. The normalized spacial score (nSPS) is 10.1. The summed E-state index contributed by atoms with van der Waals surface area (Å²) >= 11 is 6.02. The van der Waals surface area contributed by atoms with Gasteiger partial charge >= 0.3 is 5.97 Å². The highest BCUT2D eigenvalue weighted by molar-refractivity contribution is 6.31. The van der Waals surface area contributed by atoms with Gasteiger partial charge in [-0.1, -0.05) is 23.7 Å². The summed E-state index contributed by atoms with van der Waals surface area (Å²) < 4.78 is 10.3. The van der Waals surface area contributed by atoms with Crippen LogP contribution in [0.3, 0.4) is 0 Å². The molecule has 0 fully saturated rings. The number of hydrogen-bond acceptors (Lipinski definition) is 4. The first kappa shape index (κ1) is 17.8. The third-order valence-electron chi connectivity index (χ3n) is 3.17. The lowest BCUT2D eigenvalue weighted by Crippen LogP contribution is -2.20. The maximum atomic E-state index is 11.9. The lowest BCUT2D eigenvalue weighted by Gasteiger charge is -2.09. The second-order valence-electron chi connectivity index (χ2n) is 5.05. The van der Waals surface area contributed by atoms with Crippen molar-refractivity contribution in [2.24, 2.45) is 0 Å². The Balaban J connectivity index is 1.92. The fraction of sp³-hybridized carbons (Fsp3) is 0.222. The molecule has 0 aliphatic heterocycles. The minimum absolute atomic E-state index is 0.183. The summed E-state index contributed by atoms with van der Waals surface area (Å²) in [6, 6.07) is 11.8. The van der Waals surface area contributed by atoms with Gasteiger partial charge in [0.2, 0.25) is 0 Å². The maximum Gasteiger partial charge on any atom is 0.338 e. The standard InChI is InChI=1S/C18H18ClNO4/c1-3-23-18(22)13-5-4-6-15(9-13)24-11-17(21)20-14-8-7-12(2)16(19)10-14/h4-10H,3,11H2,1-2H3,(H,20,21). The van der Waals surface area contributed by atoms with Crippen molar-refractivity contribution in [2.75, 3.05) is 18.5 Å². The number of halogens is 1. The van der Waals surface area contributed by atoms with E-state index in [1.165, 1.54) is 6.07 Å². The summed E-state index contributed by atoms with van der Waals surface area (Å²) in [6.45, 7) is 3.73. The summed E-state index contributed by atoms with van der Waals surface area (Å²) in [5.41, 5.74) is 1.90. The van der Waals surface area contributed by atoms with Gasteiger partial charge < -0.3 is 14.8 Å². The highest BCUT2D eigenvalue weighted by Crippen LogP contribution is 2.20. The average Bonchev–Trinajstić information content (AvgIpc) is 2.57. The smallest absolute Gasteiger partial charge is 0.338 e. The molecule has 1 amide bonds. The Morgan fingerprint density at radius 3 is 2.67 bits per heavy atom.